The lowest BCUT2D eigenvalue weighted by atomic mass is 10.2. The maximum absolute atomic E-state index is 12.1. The number of hydrogen-bond acceptors (Lipinski definition) is 3. The second-order valence-electron chi connectivity index (χ2n) is 3.63. The zero-order valence-corrected chi connectivity index (χ0v) is 10.6. The Morgan fingerprint density at radius 3 is 2.47 bits per heavy atom. The van der Waals surface area contributed by atoms with Crippen LogP contribution in [-0.4, -0.2) is 37.4 Å². The van der Waals surface area contributed by atoms with Crippen LogP contribution < -0.4 is 0 Å². The van der Waals surface area contributed by atoms with Gasteiger partial charge in [-0.05, 0) is 18.6 Å². The third-order valence-corrected chi connectivity index (χ3v) is 4.26. The van der Waals surface area contributed by atoms with Crippen molar-refractivity contribution in [1.29, 1.82) is 0 Å². The Labute approximate surface area is 101 Å². The standard InChI is InChI=1S/C11H15NO4S/c1-3-8-12(2)17(15,16)10-7-5-4-6-9(10)11(13)14/h4-7H,3,8H2,1-2H3,(H,13,14). The molecule has 1 aromatic rings. The highest BCUT2D eigenvalue weighted by atomic mass is 32.2. The van der Waals surface area contributed by atoms with E-state index in [0.29, 0.717) is 13.0 Å². The predicted octanol–water partition coefficient (Wildman–Crippen LogP) is 1.42. The molecule has 1 aromatic carbocycles. The summed E-state index contributed by atoms with van der Waals surface area (Å²) in [6.07, 6.45) is 0.672. The van der Waals surface area contributed by atoms with E-state index >= 15 is 0 Å². The minimum absolute atomic E-state index is 0.163. The molecule has 94 valence electrons. The molecule has 1 N–H and O–H groups in total. The molecule has 0 atom stereocenters. The molecule has 0 bridgehead atoms. The van der Waals surface area contributed by atoms with Crippen molar-refractivity contribution in [2.45, 2.75) is 18.2 Å². The molecular weight excluding hydrogens is 242 g/mol. The van der Waals surface area contributed by atoms with Gasteiger partial charge in [-0.15, -0.1) is 0 Å². The molecule has 0 aliphatic rings. The fraction of sp³-hybridized carbons (Fsp3) is 0.364. The number of rotatable bonds is 5. The number of carboxylic acids is 1. The van der Waals surface area contributed by atoms with Gasteiger partial charge in [0.15, 0.2) is 0 Å². The van der Waals surface area contributed by atoms with Gasteiger partial charge in [0, 0.05) is 13.6 Å². The van der Waals surface area contributed by atoms with Crippen molar-refractivity contribution < 1.29 is 18.3 Å². The van der Waals surface area contributed by atoms with Crippen molar-refractivity contribution in [2.24, 2.45) is 0 Å². The molecule has 1 rings (SSSR count). The van der Waals surface area contributed by atoms with Gasteiger partial charge < -0.3 is 5.11 Å². The fourth-order valence-electron chi connectivity index (χ4n) is 1.47. The van der Waals surface area contributed by atoms with Crippen molar-refractivity contribution >= 4 is 16.0 Å². The van der Waals surface area contributed by atoms with Crippen LogP contribution in [0.5, 0.6) is 0 Å². The van der Waals surface area contributed by atoms with Gasteiger partial charge in [0.25, 0.3) is 0 Å². The minimum atomic E-state index is -3.72. The highest BCUT2D eigenvalue weighted by molar-refractivity contribution is 7.89. The van der Waals surface area contributed by atoms with Crippen LogP contribution in [-0.2, 0) is 10.0 Å². The Morgan fingerprint density at radius 2 is 1.94 bits per heavy atom. The number of nitrogens with zero attached hydrogens (tertiary/aromatic N) is 1. The summed E-state index contributed by atoms with van der Waals surface area (Å²) in [4.78, 5) is 10.8. The van der Waals surface area contributed by atoms with E-state index in [1.165, 1.54) is 31.3 Å². The van der Waals surface area contributed by atoms with Crippen LogP contribution in [0.1, 0.15) is 23.7 Å². The highest BCUT2D eigenvalue weighted by Gasteiger charge is 2.25. The Hall–Kier alpha value is -1.40. The average molecular weight is 257 g/mol. The van der Waals surface area contributed by atoms with Crippen LogP contribution in [0.3, 0.4) is 0 Å². The van der Waals surface area contributed by atoms with Gasteiger partial charge >= 0.3 is 5.97 Å². The van der Waals surface area contributed by atoms with Crippen molar-refractivity contribution in [2.75, 3.05) is 13.6 Å². The molecule has 0 unspecified atom stereocenters. The van der Waals surface area contributed by atoms with Gasteiger partial charge in [-0.25, -0.2) is 17.5 Å². The van der Waals surface area contributed by atoms with Crippen molar-refractivity contribution in [1.82, 2.24) is 4.31 Å². The van der Waals surface area contributed by atoms with Crippen LogP contribution in [0, 0.1) is 0 Å². The first-order valence-corrected chi connectivity index (χ1v) is 6.64. The summed E-state index contributed by atoms with van der Waals surface area (Å²) >= 11 is 0. The third-order valence-electron chi connectivity index (χ3n) is 2.34. The molecule has 5 nitrogen and oxygen atoms in total. The van der Waals surface area contributed by atoms with E-state index in [4.69, 9.17) is 5.11 Å². The molecule has 0 saturated carbocycles. The van der Waals surface area contributed by atoms with Crippen LogP contribution in [0.4, 0.5) is 0 Å². The number of carboxylic acid groups (broad SMARTS) is 1. The van der Waals surface area contributed by atoms with Crippen LogP contribution >= 0.6 is 0 Å². The lowest BCUT2D eigenvalue weighted by molar-refractivity contribution is 0.0692. The van der Waals surface area contributed by atoms with Crippen molar-refractivity contribution in [3.05, 3.63) is 29.8 Å². The lowest BCUT2D eigenvalue weighted by Crippen LogP contribution is -2.29. The first-order valence-electron chi connectivity index (χ1n) is 5.20. The van der Waals surface area contributed by atoms with E-state index in [2.05, 4.69) is 0 Å². The lowest BCUT2D eigenvalue weighted by Gasteiger charge is -2.17. The van der Waals surface area contributed by atoms with Gasteiger partial charge in [0.2, 0.25) is 10.0 Å². The smallest absolute Gasteiger partial charge is 0.337 e. The summed E-state index contributed by atoms with van der Waals surface area (Å²) in [5.41, 5.74) is -0.199. The zero-order valence-electron chi connectivity index (χ0n) is 9.75. The second-order valence-corrected chi connectivity index (χ2v) is 5.64. The normalized spacial score (nSPS) is 11.7. The van der Waals surface area contributed by atoms with E-state index in [-0.39, 0.29) is 10.5 Å². The first kappa shape index (κ1) is 13.7. The maximum Gasteiger partial charge on any atom is 0.337 e. The van der Waals surface area contributed by atoms with E-state index in [0.717, 1.165) is 4.31 Å². The molecule has 0 fully saturated rings. The molecule has 0 spiro atoms. The topological polar surface area (TPSA) is 74.7 Å². The maximum atomic E-state index is 12.1. The predicted molar refractivity (Wildman–Crippen MR) is 63.5 cm³/mol. The molecule has 0 aliphatic heterocycles. The zero-order chi connectivity index (χ0) is 13.1. The summed E-state index contributed by atoms with van der Waals surface area (Å²) in [5.74, 6) is -1.24. The Morgan fingerprint density at radius 1 is 1.35 bits per heavy atom. The number of sulfonamides is 1. The first-order chi connectivity index (χ1) is 7.91. The van der Waals surface area contributed by atoms with Gasteiger partial charge in [-0.3, -0.25) is 0 Å². The van der Waals surface area contributed by atoms with E-state index in [1.54, 1.807) is 0 Å². The quantitative estimate of drug-likeness (QED) is 0.865. The molecular formula is C11H15NO4S. The molecule has 0 radical (unpaired) electrons. The van der Waals surface area contributed by atoms with Crippen LogP contribution in [0.15, 0.2) is 29.2 Å². The SMILES string of the molecule is CCCN(C)S(=O)(=O)c1ccccc1C(=O)O. The van der Waals surface area contributed by atoms with Gasteiger partial charge in [-0.2, -0.15) is 0 Å². The number of aromatic carboxylic acids is 1. The van der Waals surface area contributed by atoms with Crippen molar-refractivity contribution in [3.8, 4) is 0 Å². The Kier molecular flexibility index (Phi) is 4.25. The molecule has 0 heterocycles. The Balaban J connectivity index is 3.29. The van der Waals surface area contributed by atoms with Gasteiger partial charge in [-0.1, -0.05) is 19.1 Å². The number of benzene rings is 1. The molecule has 6 heteroatoms. The van der Waals surface area contributed by atoms with Crippen LogP contribution in [0.25, 0.3) is 0 Å². The molecule has 17 heavy (non-hydrogen) atoms. The van der Waals surface area contributed by atoms with E-state index < -0.39 is 16.0 Å². The third kappa shape index (κ3) is 2.83. The molecule has 0 saturated heterocycles. The second kappa shape index (κ2) is 5.29. The highest BCUT2D eigenvalue weighted by Crippen LogP contribution is 2.19. The molecule has 0 amide bonds. The average Bonchev–Trinajstić information content (AvgIpc) is 2.29. The summed E-state index contributed by atoms with van der Waals surface area (Å²) in [5, 5.41) is 8.96. The summed E-state index contributed by atoms with van der Waals surface area (Å²) < 4.78 is 25.4. The summed E-state index contributed by atoms with van der Waals surface area (Å²) in [7, 11) is -2.28. The summed E-state index contributed by atoms with van der Waals surface area (Å²) in [6.45, 7) is 2.21. The van der Waals surface area contributed by atoms with Crippen LogP contribution in [0.2, 0.25) is 0 Å². The van der Waals surface area contributed by atoms with E-state index in [1.807, 2.05) is 6.92 Å². The largest absolute Gasteiger partial charge is 0.478 e. The Bertz CT molecular complexity index is 510. The van der Waals surface area contributed by atoms with Crippen molar-refractivity contribution in [3.63, 3.8) is 0 Å². The summed E-state index contributed by atoms with van der Waals surface area (Å²) in [6, 6.07) is 5.61. The minimum Gasteiger partial charge on any atom is -0.478 e. The fourth-order valence-corrected chi connectivity index (χ4v) is 2.91. The monoisotopic (exact) mass is 257 g/mol. The van der Waals surface area contributed by atoms with Gasteiger partial charge in [0.1, 0.15) is 0 Å². The molecule has 0 aromatic heterocycles. The van der Waals surface area contributed by atoms with Gasteiger partial charge in [0.05, 0.1) is 10.5 Å². The van der Waals surface area contributed by atoms with E-state index in [9.17, 15) is 13.2 Å². The number of hydrogen-bond donors (Lipinski definition) is 1. The molecule has 0 aliphatic carbocycles. The number of carbonyl (C=O) groups is 1.